The van der Waals surface area contributed by atoms with E-state index < -0.39 is 0 Å². The first-order chi connectivity index (χ1) is 17.0. The topological polar surface area (TPSA) is 76.0 Å². The highest BCUT2D eigenvalue weighted by Gasteiger charge is 2.50. The monoisotopic (exact) mass is 472 g/mol. The summed E-state index contributed by atoms with van der Waals surface area (Å²) in [7, 11) is 0. The number of benzene rings is 2. The molecule has 2 bridgehead atoms. The minimum absolute atomic E-state index is 0.000115. The van der Waals surface area contributed by atoms with Gasteiger partial charge in [-0.1, -0.05) is 30.7 Å². The Morgan fingerprint density at radius 2 is 1.77 bits per heavy atom. The molecule has 2 N–H and O–H groups in total. The molecule has 3 saturated carbocycles. The summed E-state index contributed by atoms with van der Waals surface area (Å²) in [6.07, 6.45) is 10.1. The van der Waals surface area contributed by atoms with E-state index in [1.165, 1.54) is 23.3 Å². The molecule has 0 spiro atoms. The van der Waals surface area contributed by atoms with Crippen molar-refractivity contribution in [2.24, 2.45) is 5.41 Å². The number of anilines is 1. The Morgan fingerprint density at radius 1 is 1.00 bits per heavy atom. The normalized spacial score (nSPS) is 26.5. The van der Waals surface area contributed by atoms with Gasteiger partial charge in [0.05, 0.1) is 24.3 Å². The van der Waals surface area contributed by atoms with Gasteiger partial charge in [-0.05, 0) is 68.4 Å². The van der Waals surface area contributed by atoms with Crippen molar-refractivity contribution in [3.63, 3.8) is 0 Å². The zero-order valence-electron chi connectivity index (χ0n) is 19.6. The molecule has 3 aliphatic carbocycles. The van der Waals surface area contributed by atoms with Crippen molar-refractivity contribution in [1.82, 2.24) is 14.9 Å². The van der Waals surface area contributed by atoms with Gasteiger partial charge in [-0.15, -0.1) is 0 Å². The zero-order chi connectivity index (χ0) is 24.0. The Hall–Kier alpha value is -3.48. The molecule has 1 aliphatic heterocycles. The molecule has 7 rings (SSSR count). The Bertz CT molecular complexity index is 1270. The third kappa shape index (κ3) is 3.83. The fraction of sp³-hybridized carbons (Fsp3) is 0.393. The van der Waals surface area contributed by atoms with Gasteiger partial charge in [0.2, 0.25) is 0 Å². The molecular weight excluding hydrogens is 443 g/mol. The van der Waals surface area contributed by atoms with Crippen LogP contribution in [0.15, 0.2) is 61.1 Å². The van der Waals surface area contributed by atoms with Crippen LogP contribution in [0.4, 0.5) is 14.9 Å². The van der Waals surface area contributed by atoms with Crippen LogP contribution in [0.25, 0.3) is 11.3 Å². The van der Waals surface area contributed by atoms with Gasteiger partial charge in [0.15, 0.2) is 0 Å². The van der Waals surface area contributed by atoms with Crippen molar-refractivity contribution in [2.75, 3.05) is 5.32 Å². The average molecular weight is 473 g/mol. The molecule has 6 nitrogen and oxygen atoms in total. The number of hydrogen-bond acceptors (Lipinski definition) is 3. The third-order valence-corrected chi connectivity index (χ3v) is 8.52. The molecule has 3 fully saturated rings. The standard InChI is InChI=1S/C28H29FN4O2/c29-19-6-8-20(9-7-19)31-26(35)32-28-11-3-10-27(12-14-28,13-15-28)25(34)16-23-21-4-1-2-5-22(21)24-17-30-18-33(23)24/h1-2,4-9,17-18,23H,3,10-16H2,(H2,31,32,35). The maximum Gasteiger partial charge on any atom is 0.319 e. The molecule has 180 valence electrons. The van der Waals surface area contributed by atoms with Crippen molar-refractivity contribution < 1.29 is 14.0 Å². The first-order valence-corrected chi connectivity index (χ1v) is 12.5. The SMILES string of the molecule is O=C(Nc1ccc(F)cc1)NC12CCCC(C(=O)CC3c4ccccc4-c4cncn43)(CC1)CC2. The van der Waals surface area contributed by atoms with E-state index in [1.54, 1.807) is 12.1 Å². The lowest BCUT2D eigenvalue weighted by atomic mass is 9.65. The molecular formula is C28H29FN4O2. The number of carbonyl (C=O) groups excluding carboxylic acids is 2. The lowest BCUT2D eigenvalue weighted by molar-refractivity contribution is -0.131. The first-order valence-electron chi connectivity index (χ1n) is 12.5. The Morgan fingerprint density at radius 3 is 2.57 bits per heavy atom. The third-order valence-electron chi connectivity index (χ3n) is 8.52. The second-order valence-corrected chi connectivity index (χ2v) is 10.4. The molecule has 2 aromatic carbocycles. The van der Waals surface area contributed by atoms with Crippen molar-refractivity contribution >= 4 is 17.5 Å². The van der Waals surface area contributed by atoms with E-state index in [2.05, 4.69) is 32.3 Å². The average Bonchev–Trinajstić information content (AvgIpc) is 3.33. The number of urea groups is 1. The maximum absolute atomic E-state index is 13.9. The van der Waals surface area contributed by atoms with Gasteiger partial charge in [0.1, 0.15) is 11.6 Å². The predicted molar refractivity (Wildman–Crippen MR) is 131 cm³/mol. The van der Waals surface area contributed by atoms with E-state index in [-0.39, 0.29) is 28.8 Å². The van der Waals surface area contributed by atoms with E-state index in [4.69, 9.17) is 0 Å². The van der Waals surface area contributed by atoms with Gasteiger partial charge in [-0.3, -0.25) is 4.79 Å². The number of imidazole rings is 1. The summed E-state index contributed by atoms with van der Waals surface area (Å²) < 4.78 is 15.3. The van der Waals surface area contributed by atoms with Crippen LogP contribution < -0.4 is 10.6 Å². The molecule has 7 heteroatoms. The van der Waals surface area contributed by atoms with Gasteiger partial charge >= 0.3 is 6.03 Å². The highest BCUT2D eigenvalue weighted by Crippen LogP contribution is 2.52. The molecule has 3 aromatic rings. The number of aromatic nitrogens is 2. The van der Waals surface area contributed by atoms with Crippen LogP contribution in [0.1, 0.15) is 63.0 Å². The molecule has 2 amide bonds. The summed E-state index contributed by atoms with van der Waals surface area (Å²) in [6, 6.07) is 13.8. The van der Waals surface area contributed by atoms with E-state index in [0.717, 1.165) is 50.6 Å². The quantitative estimate of drug-likeness (QED) is 0.489. The molecule has 1 unspecified atom stereocenters. The largest absolute Gasteiger partial charge is 0.332 e. The molecule has 0 saturated heterocycles. The van der Waals surface area contributed by atoms with Crippen LogP contribution in [0.5, 0.6) is 0 Å². The Kier molecular flexibility index (Phi) is 5.24. The number of rotatable bonds is 5. The van der Waals surface area contributed by atoms with Gasteiger partial charge < -0.3 is 15.2 Å². The highest BCUT2D eigenvalue weighted by molar-refractivity contribution is 5.90. The van der Waals surface area contributed by atoms with Crippen LogP contribution in [-0.4, -0.2) is 26.9 Å². The smallest absolute Gasteiger partial charge is 0.319 e. The highest BCUT2D eigenvalue weighted by atomic mass is 19.1. The number of carbonyl (C=O) groups is 2. The van der Waals surface area contributed by atoms with Gasteiger partial charge in [-0.2, -0.15) is 0 Å². The number of fused-ring (bicyclic) bond motifs is 7. The lowest BCUT2D eigenvalue weighted by Gasteiger charge is -2.42. The Labute approximate surface area is 203 Å². The Balaban J connectivity index is 1.14. The number of halogens is 1. The summed E-state index contributed by atoms with van der Waals surface area (Å²) in [6.45, 7) is 0. The zero-order valence-corrected chi connectivity index (χ0v) is 19.6. The van der Waals surface area contributed by atoms with E-state index in [9.17, 15) is 14.0 Å². The molecule has 35 heavy (non-hydrogen) atoms. The summed E-state index contributed by atoms with van der Waals surface area (Å²) in [4.78, 5) is 30.9. The molecule has 2 heterocycles. The van der Waals surface area contributed by atoms with Crippen LogP contribution in [0, 0.1) is 11.2 Å². The van der Waals surface area contributed by atoms with Gasteiger partial charge in [0, 0.05) is 28.6 Å². The van der Waals surface area contributed by atoms with E-state index in [1.807, 2.05) is 24.7 Å². The van der Waals surface area contributed by atoms with Crippen LogP contribution >= 0.6 is 0 Å². The number of amides is 2. The van der Waals surface area contributed by atoms with Gasteiger partial charge in [0.25, 0.3) is 0 Å². The minimum atomic E-state index is -0.336. The van der Waals surface area contributed by atoms with E-state index >= 15 is 0 Å². The molecule has 0 radical (unpaired) electrons. The fourth-order valence-electron chi connectivity index (χ4n) is 6.55. The summed E-state index contributed by atoms with van der Waals surface area (Å²) in [5, 5.41) is 6.03. The minimum Gasteiger partial charge on any atom is -0.332 e. The number of nitrogens with one attached hydrogen (secondary N) is 2. The first kappa shape index (κ1) is 22.0. The number of hydrogen-bond donors (Lipinski definition) is 2. The fourth-order valence-corrected chi connectivity index (χ4v) is 6.55. The molecule has 1 atom stereocenters. The van der Waals surface area contributed by atoms with Gasteiger partial charge in [-0.25, -0.2) is 14.2 Å². The number of nitrogens with zero attached hydrogens (tertiary/aromatic N) is 2. The molecule has 4 aliphatic rings. The van der Waals surface area contributed by atoms with E-state index in [0.29, 0.717) is 17.9 Å². The maximum atomic E-state index is 13.9. The van der Waals surface area contributed by atoms with Crippen molar-refractivity contribution in [1.29, 1.82) is 0 Å². The predicted octanol–water partition coefficient (Wildman–Crippen LogP) is 5.86. The van der Waals surface area contributed by atoms with Crippen LogP contribution in [0.2, 0.25) is 0 Å². The lowest BCUT2D eigenvalue weighted by Crippen LogP contribution is -2.52. The second-order valence-electron chi connectivity index (χ2n) is 10.4. The van der Waals surface area contributed by atoms with Crippen molar-refractivity contribution in [2.45, 2.75) is 62.9 Å². The summed E-state index contributed by atoms with van der Waals surface area (Å²) >= 11 is 0. The summed E-state index contributed by atoms with van der Waals surface area (Å²) in [5.74, 6) is 0.00192. The van der Waals surface area contributed by atoms with Crippen molar-refractivity contribution in [3.05, 3.63) is 72.4 Å². The second kappa shape index (κ2) is 8.33. The number of ketones is 1. The van der Waals surface area contributed by atoms with Crippen molar-refractivity contribution in [3.8, 4) is 11.3 Å². The number of Topliss-reactive ketones (excluding diaryl/α,β-unsaturated/α-hetero) is 1. The van der Waals surface area contributed by atoms with Crippen LogP contribution in [-0.2, 0) is 4.79 Å². The van der Waals surface area contributed by atoms with Crippen LogP contribution in [0.3, 0.4) is 0 Å². The summed E-state index contributed by atoms with van der Waals surface area (Å²) in [5.41, 5.74) is 3.41. The molecule has 1 aromatic heterocycles.